The topological polar surface area (TPSA) is 106 Å². The van der Waals surface area contributed by atoms with E-state index in [1.54, 1.807) is 30.5 Å². The minimum Gasteiger partial charge on any atom is -0.334 e. The van der Waals surface area contributed by atoms with Gasteiger partial charge in [0.15, 0.2) is 5.03 Å². The second-order valence-electron chi connectivity index (χ2n) is 3.89. The number of nitrogens with one attached hydrogen (secondary N) is 2. The van der Waals surface area contributed by atoms with Crippen LogP contribution < -0.4 is 4.72 Å². The first-order chi connectivity index (χ1) is 9.67. The van der Waals surface area contributed by atoms with Crippen molar-refractivity contribution in [2.75, 3.05) is 4.72 Å². The molecule has 2 aromatic heterocycles. The maximum Gasteiger partial charge on any atom is 0.279 e. The number of hydrogen-bond donors (Lipinski definition) is 2. The van der Waals surface area contributed by atoms with Gasteiger partial charge < -0.3 is 4.98 Å². The largest absolute Gasteiger partial charge is 0.334 e. The highest BCUT2D eigenvalue weighted by atomic mass is 32.2. The average Bonchev–Trinajstić information content (AvgIpc) is 3.13. The van der Waals surface area contributed by atoms with Crippen LogP contribution in [-0.4, -0.2) is 33.4 Å². The van der Waals surface area contributed by atoms with Crippen LogP contribution in [0.3, 0.4) is 0 Å². The van der Waals surface area contributed by atoms with Crippen LogP contribution in [0.1, 0.15) is 0 Å². The van der Waals surface area contributed by atoms with Gasteiger partial charge in [-0.05, 0) is 12.1 Å². The number of hydrogen-bond acceptors (Lipinski definition) is 5. The van der Waals surface area contributed by atoms with Crippen molar-refractivity contribution in [3.05, 3.63) is 49.2 Å². The maximum absolute atomic E-state index is 12.2. The first kappa shape index (κ1) is 12.4. The first-order valence-electron chi connectivity index (χ1n) is 5.64. The van der Waals surface area contributed by atoms with Gasteiger partial charge in [-0.25, -0.2) is 9.67 Å². The van der Waals surface area contributed by atoms with E-state index in [2.05, 4.69) is 25.0 Å². The van der Waals surface area contributed by atoms with Gasteiger partial charge in [-0.3, -0.25) is 4.72 Å². The highest BCUT2D eigenvalue weighted by Gasteiger charge is 2.17. The van der Waals surface area contributed by atoms with Gasteiger partial charge in [-0.15, -0.1) is 5.10 Å². The highest BCUT2D eigenvalue weighted by Crippen LogP contribution is 2.21. The predicted molar refractivity (Wildman–Crippen MR) is 70.8 cm³/mol. The molecule has 3 rings (SSSR count). The van der Waals surface area contributed by atoms with Gasteiger partial charge in [0, 0.05) is 0 Å². The van der Waals surface area contributed by atoms with Gasteiger partial charge in [0.05, 0.1) is 36.3 Å². The molecule has 8 nitrogen and oxygen atoms in total. The number of benzene rings is 1. The molecule has 2 N–H and O–H groups in total. The molecule has 0 saturated heterocycles. The molecule has 0 unspecified atom stereocenters. The molecule has 3 aromatic rings. The molecule has 1 aromatic carbocycles. The first-order valence-corrected chi connectivity index (χ1v) is 7.12. The van der Waals surface area contributed by atoms with Gasteiger partial charge in [0.2, 0.25) is 0 Å². The van der Waals surface area contributed by atoms with Crippen molar-refractivity contribution < 1.29 is 8.42 Å². The molecule has 20 heavy (non-hydrogen) atoms. The Labute approximate surface area is 114 Å². The zero-order valence-corrected chi connectivity index (χ0v) is 10.9. The molecule has 0 amide bonds. The third kappa shape index (κ3) is 2.26. The molecule has 0 radical (unpaired) electrons. The quantitative estimate of drug-likeness (QED) is 0.739. The Morgan fingerprint density at radius 1 is 1.25 bits per heavy atom. The van der Waals surface area contributed by atoms with Crippen molar-refractivity contribution in [3.8, 4) is 5.69 Å². The fourth-order valence-corrected chi connectivity index (χ4v) is 2.67. The van der Waals surface area contributed by atoms with Gasteiger partial charge in [0.25, 0.3) is 10.0 Å². The summed E-state index contributed by atoms with van der Waals surface area (Å²) in [7, 11) is -3.71. The molecule has 0 fully saturated rings. The number of H-pyrrole nitrogens is 1. The summed E-state index contributed by atoms with van der Waals surface area (Å²) in [4.78, 5) is 6.26. The lowest BCUT2D eigenvalue weighted by atomic mass is 10.3. The van der Waals surface area contributed by atoms with Crippen LogP contribution in [0, 0.1) is 0 Å². The lowest BCUT2D eigenvalue weighted by molar-refractivity contribution is 0.598. The second-order valence-corrected chi connectivity index (χ2v) is 5.54. The molecule has 9 heteroatoms. The monoisotopic (exact) mass is 290 g/mol. The molecule has 0 bridgehead atoms. The summed E-state index contributed by atoms with van der Waals surface area (Å²) in [6.45, 7) is 0. The Morgan fingerprint density at radius 2 is 2.10 bits per heavy atom. The number of nitrogens with zero attached hydrogens (tertiary/aromatic N) is 4. The van der Waals surface area contributed by atoms with E-state index in [1.807, 2.05) is 0 Å². The molecule has 102 valence electrons. The van der Waals surface area contributed by atoms with Crippen LogP contribution in [0.4, 0.5) is 5.69 Å². The zero-order valence-electron chi connectivity index (χ0n) is 10.1. The summed E-state index contributed by atoms with van der Waals surface area (Å²) in [5.74, 6) is 0. The minimum atomic E-state index is -3.71. The molecular formula is C11H10N6O2S. The van der Waals surface area contributed by atoms with E-state index < -0.39 is 10.0 Å². The Balaban J connectivity index is 2.00. The Bertz CT molecular complexity index is 795. The summed E-state index contributed by atoms with van der Waals surface area (Å²) in [6.07, 6.45) is 5.68. The van der Waals surface area contributed by atoms with E-state index in [0.29, 0.717) is 11.4 Å². The van der Waals surface area contributed by atoms with Crippen molar-refractivity contribution >= 4 is 15.7 Å². The van der Waals surface area contributed by atoms with E-state index in [9.17, 15) is 8.42 Å². The van der Waals surface area contributed by atoms with E-state index in [-0.39, 0.29) is 5.03 Å². The summed E-state index contributed by atoms with van der Waals surface area (Å²) in [6, 6.07) is 6.89. The fourth-order valence-electron chi connectivity index (χ4n) is 1.69. The number of rotatable bonds is 4. The zero-order chi connectivity index (χ0) is 14.0. The van der Waals surface area contributed by atoms with Crippen molar-refractivity contribution in [1.29, 1.82) is 0 Å². The van der Waals surface area contributed by atoms with Crippen LogP contribution in [0.5, 0.6) is 0 Å². The predicted octanol–water partition coefficient (Wildman–Crippen LogP) is 0.791. The third-order valence-electron chi connectivity index (χ3n) is 2.58. The second kappa shape index (κ2) is 4.78. The summed E-state index contributed by atoms with van der Waals surface area (Å²) < 4.78 is 28.3. The van der Waals surface area contributed by atoms with E-state index in [4.69, 9.17) is 0 Å². The summed E-state index contributed by atoms with van der Waals surface area (Å²) in [5.41, 5.74) is 0.973. The van der Waals surface area contributed by atoms with Crippen molar-refractivity contribution in [2.45, 2.75) is 5.03 Å². The average molecular weight is 290 g/mol. The van der Waals surface area contributed by atoms with Gasteiger partial charge in [-0.2, -0.15) is 8.42 Å². The van der Waals surface area contributed by atoms with Crippen LogP contribution in [0.15, 0.2) is 54.2 Å². The Morgan fingerprint density at radius 3 is 2.80 bits per heavy atom. The lowest BCUT2D eigenvalue weighted by Crippen LogP contribution is -2.15. The summed E-state index contributed by atoms with van der Waals surface area (Å²) in [5, 5.41) is 7.55. The minimum absolute atomic E-state index is 0.00843. The number of anilines is 1. The fraction of sp³-hybridized carbons (Fsp3) is 0. The molecule has 0 atom stereocenters. The molecule has 0 aliphatic heterocycles. The Kier molecular flexibility index (Phi) is 2.95. The molecular weight excluding hydrogens is 280 g/mol. The normalized spacial score (nSPS) is 11.4. The molecule has 0 aliphatic rings. The van der Waals surface area contributed by atoms with E-state index in [1.165, 1.54) is 23.4 Å². The van der Waals surface area contributed by atoms with Crippen LogP contribution in [0.25, 0.3) is 5.69 Å². The smallest absolute Gasteiger partial charge is 0.279 e. The standard InChI is InChI=1S/C11H10N6O2S/c18-20(19,11-7-12-8-13-11)15-9-3-1-2-4-10(9)17-6-5-14-16-17/h1-8,15H,(H,12,13). The van der Waals surface area contributed by atoms with Crippen molar-refractivity contribution in [1.82, 2.24) is 25.0 Å². The van der Waals surface area contributed by atoms with Crippen LogP contribution >= 0.6 is 0 Å². The number of sulfonamides is 1. The van der Waals surface area contributed by atoms with Gasteiger partial charge in [-0.1, -0.05) is 17.3 Å². The number of aromatic amines is 1. The van der Waals surface area contributed by atoms with Gasteiger partial charge in [0.1, 0.15) is 0 Å². The molecule has 2 heterocycles. The summed E-state index contributed by atoms with van der Waals surface area (Å²) >= 11 is 0. The van der Waals surface area contributed by atoms with Crippen LogP contribution in [0.2, 0.25) is 0 Å². The SMILES string of the molecule is O=S(=O)(Nc1ccccc1-n1ccnn1)c1cnc[nH]1. The van der Waals surface area contributed by atoms with Gasteiger partial charge >= 0.3 is 0 Å². The Hall–Kier alpha value is -2.68. The number of imidazole rings is 1. The van der Waals surface area contributed by atoms with E-state index >= 15 is 0 Å². The molecule has 0 spiro atoms. The number of aromatic nitrogens is 5. The molecule has 0 aliphatic carbocycles. The van der Waals surface area contributed by atoms with Crippen LogP contribution in [-0.2, 0) is 10.0 Å². The highest BCUT2D eigenvalue weighted by molar-refractivity contribution is 7.92. The van der Waals surface area contributed by atoms with Crippen molar-refractivity contribution in [3.63, 3.8) is 0 Å². The molecule has 0 saturated carbocycles. The third-order valence-corrected chi connectivity index (χ3v) is 3.87. The lowest BCUT2D eigenvalue weighted by Gasteiger charge is -2.10. The maximum atomic E-state index is 12.2. The van der Waals surface area contributed by atoms with E-state index in [0.717, 1.165) is 0 Å². The van der Waals surface area contributed by atoms with Crippen molar-refractivity contribution in [2.24, 2.45) is 0 Å². The number of para-hydroxylation sites is 2.